The van der Waals surface area contributed by atoms with Crippen LogP contribution >= 0.6 is 0 Å². The summed E-state index contributed by atoms with van der Waals surface area (Å²) >= 11 is 0. The summed E-state index contributed by atoms with van der Waals surface area (Å²) in [4.78, 5) is 27.4. The molecule has 7 heteroatoms. The second kappa shape index (κ2) is 29.8. The summed E-state index contributed by atoms with van der Waals surface area (Å²) in [7, 11) is 8.01. The minimum atomic E-state index is -0.898. The number of aryl methyl sites for hydroxylation is 1. The number of phenolic OH excluding ortho intramolecular Hbond substituents is 1. The summed E-state index contributed by atoms with van der Waals surface area (Å²) in [6.45, 7) is 28.5. The quantitative estimate of drug-likeness (QED) is 0.0851. The molecule has 0 bridgehead atoms. The Morgan fingerprint density at radius 3 is 1.62 bits per heavy atom. The van der Waals surface area contributed by atoms with Crippen LogP contribution in [-0.4, -0.2) is 60.6 Å². The Morgan fingerprint density at radius 2 is 1.15 bits per heavy atom. The molecule has 5 aromatic carbocycles. The van der Waals surface area contributed by atoms with Gasteiger partial charge in [0, 0.05) is 48.6 Å². The van der Waals surface area contributed by atoms with Gasteiger partial charge in [-0.15, -0.1) is 0 Å². The molecule has 0 saturated carbocycles. The van der Waals surface area contributed by atoms with Gasteiger partial charge in [-0.25, -0.2) is 14.2 Å². The molecule has 2 N–H and O–H groups in total. The van der Waals surface area contributed by atoms with Gasteiger partial charge < -0.3 is 19.8 Å². The minimum Gasteiger partial charge on any atom is -0.508 e. The Kier molecular flexibility index (Phi) is 23.3. The first-order valence-electron chi connectivity index (χ1n) is 30.7. The summed E-state index contributed by atoms with van der Waals surface area (Å²) in [5, 5.41) is 19.1. The van der Waals surface area contributed by atoms with E-state index >= 15 is 0 Å². The second-order valence-electron chi connectivity index (χ2n) is 25.0. The lowest BCUT2D eigenvalue weighted by Gasteiger charge is -2.34. The topological polar surface area (TPSA) is 90.1 Å². The number of fused-ring (bicyclic) bond motifs is 1. The third-order valence-electron chi connectivity index (χ3n) is 17.2. The first-order valence-corrected chi connectivity index (χ1v) is 30.7. The van der Waals surface area contributed by atoms with Gasteiger partial charge in [0.2, 0.25) is 0 Å². The maximum Gasteiger partial charge on any atom is 0.340 e. The fraction of sp³-hybridized carbons (Fsp3) is 0.390. The predicted octanol–water partition coefficient (Wildman–Crippen LogP) is 19.1. The molecule has 0 radical (unpaired) electrons. The molecule has 3 aliphatic carbocycles. The first kappa shape index (κ1) is 65.6. The highest BCUT2D eigenvalue weighted by Crippen LogP contribution is 2.50. The van der Waals surface area contributed by atoms with Crippen LogP contribution in [0.5, 0.6) is 5.75 Å². The van der Waals surface area contributed by atoms with Gasteiger partial charge >= 0.3 is 11.9 Å². The lowest BCUT2D eigenvalue weighted by Crippen LogP contribution is -2.31. The van der Waals surface area contributed by atoms with Crippen molar-refractivity contribution < 1.29 is 29.1 Å². The number of carboxylic acid groups (broad SMARTS) is 1. The number of cyclic esters (lactones) is 1. The number of aromatic hydroxyl groups is 1. The highest BCUT2D eigenvalue weighted by Gasteiger charge is 2.49. The van der Waals surface area contributed by atoms with Crippen LogP contribution in [0, 0.1) is 30.6 Å². The van der Waals surface area contributed by atoms with E-state index in [1.54, 1.807) is 12.1 Å². The van der Waals surface area contributed by atoms with Crippen LogP contribution in [0.4, 0.5) is 5.69 Å². The van der Waals surface area contributed by atoms with Crippen molar-refractivity contribution in [2.45, 2.75) is 145 Å². The lowest BCUT2D eigenvalue weighted by molar-refractivity contribution is -0.462. The molecule has 84 heavy (non-hydrogen) atoms. The zero-order chi connectivity index (χ0) is 61.6. The smallest absolute Gasteiger partial charge is 0.340 e. The number of carboxylic acids is 1. The number of hydrogen-bond acceptors (Lipinski definition) is 5. The van der Waals surface area contributed by atoms with Crippen molar-refractivity contribution in [2.75, 3.05) is 33.1 Å². The monoisotopic (exact) mass is 1130 g/mol. The first-order chi connectivity index (χ1) is 39.9. The number of ether oxygens (including phenoxy) is 1. The van der Waals surface area contributed by atoms with Gasteiger partial charge in [-0.05, 0) is 167 Å². The highest BCUT2D eigenvalue weighted by molar-refractivity contribution is 6.05. The van der Waals surface area contributed by atoms with E-state index in [0.29, 0.717) is 58.3 Å². The Balaban J connectivity index is 0.000000199. The summed E-state index contributed by atoms with van der Waals surface area (Å²) < 4.78 is 8.36. The van der Waals surface area contributed by atoms with E-state index < -0.39 is 11.6 Å². The van der Waals surface area contributed by atoms with Crippen molar-refractivity contribution >= 4 is 28.9 Å². The number of rotatable bonds is 14. The van der Waals surface area contributed by atoms with Gasteiger partial charge in [0.15, 0.2) is 11.3 Å². The number of carbonyl (C=O) groups excluding carboxylic acids is 1. The minimum absolute atomic E-state index is 0.257. The van der Waals surface area contributed by atoms with Crippen molar-refractivity contribution in [3.63, 3.8) is 0 Å². The third kappa shape index (κ3) is 16.2. The molecule has 5 unspecified atom stereocenters. The number of nitrogens with zero attached hydrogens (tertiary/aromatic N) is 2. The highest BCUT2D eigenvalue weighted by atomic mass is 16.6. The summed E-state index contributed by atoms with van der Waals surface area (Å²) in [6, 6.07) is 36.8. The van der Waals surface area contributed by atoms with Crippen molar-refractivity contribution in [3.05, 3.63) is 242 Å². The van der Waals surface area contributed by atoms with E-state index in [1.807, 2.05) is 63.4 Å². The van der Waals surface area contributed by atoms with Crippen LogP contribution in [0.2, 0.25) is 0 Å². The van der Waals surface area contributed by atoms with Crippen LogP contribution in [0.25, 0.3) is 5.57 Å². The number of benzene rings is 5. The number of hydrogen-bond donors (Lipinski definition) is 2. The largest absolute Gasteiger partial charge is 0.508 e. The van der Waals surface area contributed by atoms with Crippen molar-refractivity contribution in [2.24, 2.45) is 23.7 Å². The Hall–Kier alpha value is -7.51. The maximum atomic E-state index is 13.1. The average molecular weight is 1130 g/mol. The molecule has 1 aliphatic heterocycles. The van der Waals surface area contributed by atoms with Crippen LogP contribution in [0.3, 0.4) is 0 Å². The molecular formula is C77H97N2O5+. The average Bonchev–Trinajstić information content (AvgIpc) is 4.04. The number of esters is 1. The van der Waals surface area contributed by atoms with E-state index in [-0.39, 0.29) is 11.9 Å². The molecule has 0 spiro atoms. The van der Waals surface area contributed by atoms with Crippen molar-refractivity contribution in [1.29, 1.82) is 0 Å². The molecule has 9 rings (SSSR count). The number of phenols is 1. The standard InChI is InChI=1S/2C28H33NO2.C11H16.C10H14O/c1-18(2)20-7-11-22(12-8-20)28(23-13-9-21(10-14-23)19(3)4)26-16-15-24(29(5)6)17-25(26)27(30)31-28;1-18(2)20-7-9-21(10-8-20)27(22-11-14-24(15-12-22)29(5)6)25-16-13-23(19(3)4)17-26(25)28(30)31;1-4-10(3)11-7-5-9(2)6-8-11;1-3-8(2)9-4-6-10(11)7-5-9/h7-9,11-19,21H,10H2,1-6H3;7,9-20H,8H2,1-6H3;5-8,10H,4H2,1-3H3;4-8,11H,3H2,1-2H3/p+1. The second-order valence-corrected chi connectivity index (χ2v) is 25.0. The predicted molar refractivity (Wildman–Crippen MR) is 354 cm³/mol. The fourth-order valence-corrected chi connectivity index (χ4v) is 10.8. The lowest BCUT2D eigenvalue weighted by atomic mass is 9.75. The fourth-order valence-electron chi connectivity index (χ4n) is 10.8. The van der Waals surface area contributed by atoms with Gasteiger partial charge in [0.05, 0.1) is 11.1 Å². The summed E-state index contributed by atoms with van der Waals surface area (Å²) in [5.74, 6) is 3.41. The molecule has 0 fully saturated rings. The molecule has 0 saturated heterocycles. The normalized spacial score (nSPS) is 18.4. The Morgan fingerprint density at radius 1 is 0.631 bits per heavy atom. The van der Waals surface area contributed by atoms with E-state index in [1.165, 1.54) is 28.7 Å². The Bertz CT molecular complexity index is 3240. The van der Waals surface area contributed by atoms with Gasteiger partial charge in [0.25, 0.3) is 0 Å². The molecule has 0 aromatic heterocycles. The number of carbonyl (C=O) groups is 2. The van der Waals surface area contributed by atoms with Gasteiger partial charge in [-0.2, -0.15) is 0 Å². The van der Waals surface area contributed by atoms with Crippen LogP contribution in [0.15, 0.2) is 187 Å². The molecule has 444 valence electrons. The number of anilines is 1. The van der Waals surface area contributed by atoms with Gasteiger partial charge in [0.1, 0.15) is 19.8 Å². The molecule has 0 amide bonds. The molecule has 7 nitrogen and oxygen atoms in total. The maximum absolute atomic E-state index is 13.1. The number of aromatic carboxylic acids is 1. The Labute approximate surface area is 505 Å². The third-order valence-corrected chi connectivity index (χ3v) is 17.2. The van der Waals surface area contributed by atoms with Gasteiger partial charge in [-0.1, -0.05) is 204 Å². The summed E-state index contributed by atoms with van der Waals surface area (Å²) in [5.41, 5.74) is 15.5. The van der Waals surface area contributed by atoms with Crippen LogP contribution in [0.1, 0.15) is 198 Å². The van der Waals surface area contributed by atoms with E-state index in [4.69, 9.17) is 9.84 Å². The van der Waals surface area contributed by atoms with E-state index in [0.717, 1.165) is 75.2 Å². The van der Waals surface area contributed by atoms with E-state index in [9.17, 15) is 14.7 Å². The molecule has 5 aromatic rings. The summed E-state index contributed by atoms with van der Waals surface area (Å²) in [6.07, 6.45) is 26.1. The molecule has 1 heterocycles. The molecule has 4 aliphatic rings. The van der Waals surface area contributed by atoms with Crippen LogP contribution < -0.4 is 4.90 Å². The van der Waals surface area contributed by atoms with Gasteiger partial charge in [-0.3, -0.25) is 0 Å². The zero-order valence-corrected chi connectivity index (χ0v) is 53.6. The van der Waals surface area contributed by atoms with Crippen LogP contribution in [-0.2, 0) is 10.3 Å². The molecule has 5 atom stereocenters. The zero-order valence-electron chi connectivity index (χ0n) is 53.6. The van der Waals surface area contributed by atoms with E-state index in [2.05, 4.69) is 222 Å². The number of allylic oxidation sites excluding steroid dienone is 12. The molecular weight excluding hydrogens is 1030 g/mol. The SMILES string of the molecule is CC(C)c1ccc(C(C2=CCC(C(C)C)C=C2)=C2C=CC(=[N+](C)C)C=C2)c(C(=O)O)c1.CC(C)c1ccc(C2(C3=CCC(C(C)C)C=C3)OC(=O)c3cc(N(C)C)ccc32)cc1.CCC(C)c1ccc(C)cc1.CCC(C)c1ccc(O)cc1. The van der Waals surface area contributed by atoms with Crippen molar-refractivity contribution in [1.82, 2.24) is 0 Å². The van der Waals surface area contributed by atoms with Crippen molar-refractivity contribution in [3.8, 4) is 5.75 Å².